The van der Waals surface area contributed by atoms with Crippen molar-refractivity contribution in [1.82, 2.24) is 0 Å². The molecule has 8 heteroatoms. The number of hydrogen-bond donors (Lipinski definition) is 4. The predicted molar refractivity (Wildman–Crippen MR) is 101 cm³/mol. The first-order chi connectivity index (χ1) is 13.3. The van der Waals surface area contributed by atoms with Crippen molar-refractivity contribution in [3.8, 4) is 23.0 Å². The largest absolute Gasteiger partial charge is 0.504 e. The van der Waals surface area contributed by atoms with Crippen LogP contribution in [0.3, 0.4) is 0 Å². The van der Waals surface area contributed by atoms with Gasteiger partial charge in [0, 0.05) is 18.2 Å². The lowest BCUT2D eigenvalue weighted by Crippen LogP contribution is -2.47. The van der Waals surface area contributed by atoms with Gasteiger partial charge in [0.15, 0.2) is 23.0 Å². The van der Waals surface area contributed by atoms with Crippen molar-refractivity contribution in [1.29, 1.82) is 0 Å². The van der Waals surface area contributed by atoms with Crippen LogP contribution in [-0.4, -0.2) is 45.0 Å². The molecule has 148 valence electrons. The van der Waals surface area contributed by atoms with E-state index in [0.717, 1.165) is 17.0 Å². The first kappa shape index (κ1) is 20.6. The van der Waals surface area contributed by atoms with Crippen LogP contribution in [0.4, 0.5) is 5.69 Å². The Morgan fingerprint density at radius 3 is 2.18 bits per heavy atom. The van der Waals surface area contributed by atoms with E-state index in [4.69, 9.17) is 4.74 Å². The fourth-order valence-corrected chi connectivity index (χ4v) is 2.66. The number of carbonyl (C=O) groups excluding carboxylic acids is 2. The lowest BCUT2D eigenvalue weighted by atomic mass is 10.0. The van der Waals surface area contributed by atoms with Gasteiger partial charge in [-0.05, 0) is 42.8 Å². The van der Waals surface area contributed by atoms with Gasteiger partial charge in [0.05, 0.1) is 6.61 Å². The third kappa shape index (κ3) is 4.53. The number of nitrogens with zero attached hydrogens (tertiary/aromatic N) is 1. The summed E-state index contributed by atoms with van der Waals surface area (Å²) in [4.78, 5) is 26.2. The molecule has 0 spiro atoms. The molecular weight excluding hydrogens is 366 g/mol. The Hall–Kier alpha value is -3.68. The van der Waals surface area contributed by atoms with Crippen molar-refractivity contribution in [2.45, 2.75) is 19.4 Å². The maximum atomic E-state index is 12.6. The average Bonchev–Trinajstić information content (AvgIpc) is 2.66. The normalized spacial score (nSPS) is 11.5. The molecule has 0 radical (unpaired) electrons. The van der Waals surface area contributed by atoms with Crippen molar-refractivity contribution in [2.75, 3.05) is 11.5 Å². The number of phenolic OH excluding ortho intramolecular Hbond substituents is 4. The van der Waals surface area contributed by atoms with E-state index in [1.165, 1.54) is 30.3 Å². The van der Waals surface area contributed by atoms with E-state index in [1.807, 2.05) is 0 Å². The van der Waals surface area contributed by atoms with Crippen molar-refractivity contribution in [3.05, 3.63) is 54.6 Å². The Kier molecular flexibility index (Phi) is 6.49. The Morgan fingerprint density at radius 2 is 1.64 bits per heavy atom. The van der Waals surface area contributed by atoms with Crippen molar-refractivity contribution in [3.63, 3.8) is 0 Å². The van der Waals surface area contributed by atoms with E-state index in [-0.39, 0.29) is 36.0 Å². The Bertz CT molecular complexity index is 894. The molecule has 28 heavy (non-hydrogen) atoms. The molecule has 0 heterocycles. The van der Waals surface area contributed by atoms with E-state index < -0.39 is 23.7 Å². The zero-order valence-electron chi connectivity index (χ0n) is 15.2. The van der Waals surface area contributed by atoms with Crippen LogP contribution < -0.4 is 4.90 Å². The van der Waals surface area contributed by atoms with Crippen LogP contribution in [-0.2, 0) is 20.7 Å². The molecule has 2 aromatic carbocycles. The van der Waals surface area contributed by atoms with Crippen LogP contribution in [0.5, 0.6) is 23.0 Å². The SMILES string of the molecule is C=CC(=O)N(c1ccc(O)c(O)c1)[C@H](Cc1ccc(O)c(O)c1)C(=O)OCC. The van der Waals surface area contributed by atoms with Gasteiger partial charge in [0.2, 0.25) is 0 Å². The molecule has 0 unspecified atom stereocenters. The van der Waals surface area contributed by atoms with E-state index in [2.05, 4.69) is 6.58 Å². The standard InChI is InChI=1S/C20H21NO7/c1-3-19(26)21(13-6-8-16(23)18(25)11-13)14(20(27)28-4-2)9-12-5-7-15(22)17(24)10-12/h3,5-8,10-11,14,22-25H,1,4,9H2,2H3/t14-/m1/s1. The molecule has 4 N–H and O–H groups in total. The Balaban J connectivity index is 2.52. The Morgan fingerprint density at radius 1 is 1.04 bits per heavy atom. The molecule has 0 saturated heterocycles. The second kappa shape index (κ2) is 8.81. The van der Waals surface area contributed by atoms with Crippen molar-refractivity contribution in [2.24, 2.45) is 0 Å². The van der Waals surface area contributed by atoms with Gasteiger partial charge in [-0.1, -0.05) is 12.6 Å². The highest BCUT2D eigenvalue weighted by Crippen LogP contribution is 2.32. The van der Waals surface area contributed by atoms with E-state index in [9.17, 15) is 30.0 Å². The first-order valence-electron chi connectivity index (χ1n) is 8.43. The minimum atomic E-state index is -1.15. The van der Waals surface area contributed by atoms with Gasteiger partial charge in [-0.3, -0.25) is 9.69 Å². The number of ether oxygens (including phenoxy) is 1. The maximum absolute atomic E-state index is 12.6. The number of phenols is 4. The summed E-state index contributed by atoms with van der Waals surface area (Å²) >= 11 is 0. The number of rotatable bonds is 7. The molecule has 0 fully saturated rings. The zero-order chi connectivity index (χ0) is 20.8. The van der Waals surface area contributed by atoms with Crippen LogP contribution in [0, 0.1) is 0 Å². The fourth-order valence-electron chi connectivity index (χ4n) is 2.66. The van der Waals surface area contributed by atoms with Gasteiger partial charge in [-0.2, -0.15) is 0 Å². The van der Waals surface area contributed by atoms with Gasteiger partial charge < -0.3 is 25.2 Å². The second-order valence-electron chi connectivity index (χ2n) is 5.88. The minimum absolute atomic E-state index is 0.0477. The molecule has 8 nitrogen and oxygen atoms in total. The predicted octanol–water partition coefficient (Wildman–Crippen LogP) is 2.20. The van der Waals surface area contributed by atoms with Gasteiger partial charge in [0.1, 0.15) is 6.04 Å². The number of amides is 1. The third-order valence-corrected chi connectivity index (χ3v) is 3.99. The number of hydrogen-bond acceptors (Lipinski definition) is 7. The van der Waals surface area contributed by atoms with Gasteiger partial charge in [-0.15, -0.1) is 0 Å². The molecule has 0 aliphatic heterocycles. The van der Waals surface area contributed by atoms with Crippen LogP contribution in [0.15, 0.2) is 49.1 Å². The molecule has 0 saturated carbocycles. The summed E-state index contributed by atoms with van der Waals surface area (Å²) in [5.41, 5.74) is 0.597. The van der Waals surface area contributed by atoms with Crippen molar-refractivity contribution >= 4 is 17.6 Å². The van der Waals surface area contributed by atoms with E-state index >= 15 is 0 Å². The molecule has 0 bridgehead atoms. The molecule has 1 amide bonds. The van der Waals surface area contributed by atoms with E-state index in [0.29, 0.717) is 5.56 Å². The smallest absolute Gasteiger partial charge is 0.329 e. The lowest BCUT2D eigenvalue weighted by molar-refractivity contribution is -0.145. The minimum Gasteiger partial charge on any atom is -0.504 e. The highest BCUT2D eigenvalue weighted by Gasteiger charge is 2.32. The third-order valence-electron chi connectivity index (χ3n) is 3.99. The summed E-state index contributed by atoms with van der Waals surface area (Å²) in [6.07, 6.45) is 0.957. The van der Waals surface area contributed by atoms with Crippen LogP contribution in [0.1, 0.15) is 12.5 Å². The molecule has 2 aromatic rings. The maximum Gasteiger partial charge on any atom is 0.329 e. The average molecular weight is 387 g/mol. The lowest BCUT2D eigenvalue weighted by Gasteiger charge is -2.30. The van der Waals surface area contributed by atoms with Crippen LogP contribution >= 0.6 is 0 Å². The highest BCUT2D eigenvalue weighted by atomic mass is 16.5. The highest BCUT2D eigenvalue weighted by molar-refractivity contribution is 6.05. The zero-order valence-corrected chi connectivity index (χ0v) is 15.2. The summed E-state index contributed by atoms with van der Waals surface area (Å²) in [7, 11) is 0. The quantitative estimate of drug-likeness (QED) is 0.326. The summed E-state index contributed by atoms with van der Waals surface area (Å²) < 4.78 is 5.09. The van der Waals surface area contributed by atoms with Crippen LogP contribution in [0.25, 0.3) is 0 Å². The van der Waals surface area contributed by atoms with Gasteiger partial charge in [-0.25, -0.2) is 4.79 Å². The van der Waals surface area contributed by atoms with Gasteiger partial charge in [0.25, 0.3) is 5.91 Å². The molecular formula is C20H21NO7. The molecule has 2 rings (SSSR count). The summed E-state index contributed by atoms with van der Waals surface area (Å²) in [5, 5.41) is 38.5. The second-order valence-corrected chi connectivity index (χ2v) is 5.88. The first-order valence-corrected chi connectivity index (χ1v) is 8.43. The Labute approximate surface area is 161 Å². The summed E-state index contributed by atoms with van der Waals surface area (Å²) in [6.45, 7) is 5.13. The van der Waals surface area contributed by atoms with Gasteiger partial charge >= 0.3 is 5.97 Å². The number of carbonyl (C=O) groups is 2. The monoisotopic (exact) mass is 387 g/mol. The number of anilines is 1. The summed E-state index contributed by atoms with van der Waals surface area (Å²) in [5.74, 6) is -2.89. The summed E-state index contributed by atoms with van der Waals surface area (Å²) in [6, 6.07) is 6.55. The van der Waals surface area contributed by atoms with E-state index in [1.54, 1.807) is 6.92 Å². The van der Waals surface area contributed by atoms with Crippen LogP contribution in [0.2, 0.25) is 0 Å². The molecule has 0 aliphatic carbocycles. The molecule has 0 aliphatic rings. The number of benzene rings is 2. The number of esters is 1. The molecule has 0 aromatic heterocycles. The number of aromatic hydroxyl groups is 4. The topological polar surface area (TPSA) is 128 Å². The van der Waals surface area contributed by atoms with Crippen molar-refractivity contribution < 1.29 is 34.8 Å². The fraction of sp³-hybridized carbons (Fsp3) is 0.200. The molecule has 1 atom stereocenters.